The first-order valence-corrected chi connectivity index (χ1v) is 15.7. The molecule has 8 rings (SSSR count). The van der Waals surface area contributed by atoms with Crippen molar-refractivity contribution in [2.45, 2.75) is 38.3 Å². The van der Waals surface area contributed by atoms with Gasteiger partial charge in [-0.1, -0.05) is 6.07 Å². The highest BCUT2D eigenvalue weighted by atomic mass is 16.7. The van der Waals surface area contributed by atoms with Gasteiger partial charge in [0.05, 0.1) is 54.9 Å². The third-order valence-corrected chi connectivity index (χ3v) is 8.97. The monoisotopic (exact) mass is 648 g/mol. The summed E-state index contributed by atoms with van der Waals surface area (Å²) in [7, 11) is 1.54. The fourth-order valence-corrected chi connectivity index (χ4v) is 6.46. The van der Waals surface area contributed by atoms with Gasteiger partial charge in [0, 0.05) is 56.2 Å². The van der Waals surface area contributed by atoms with E-state index in [-0.39, 0.29) is 36.5 Å². The molecule has 0 bridgehead atoms. The number of aryl methyl sites for hydroxylation is 1. The van der Waals surface area contributed by atoms with Crippen LogP contribution in [-0.4, -0.2) is 78.4 Å². The molecule has 0 aromatic heterocycles. The lowest BCUT2D eigenvalue weighted by atomic mass is 10.0. The van der Waals surface area contributed by atoms with Crippen LogP contribution >= 0.6 is 0 Å². The van der Waals surface area contributed by atoms with Gasteiger partial charge in [-0.05, 0) is 47.9 Å². The molecule has 2 amide bonds. The zero-order chi connectivity index (χ0) is 32.9. The minimum absolute atomic E-state index is 0.164. The molecule has 12 nitrogen and oxygen atoms in total. The lowest BCUT2D eigenvalue weighted by molar-refractivity contribution is 0.0809. The Morgan fingerprint density at radius 2 is 1.48 bits per heavy atom. The number of ether oxygens (including phenoxy) is 5. The van der Waals surface area contributed by atoms with Gasteiger partial charge in [0.1, 0.15) is 11.5 Å². The number of carbonyl (C=O) groups is 2. The standard InChI is InChI=1S/C36H32N4O8/c1-20-8-26-28(38-16-24-11-25(41)18-40(24)35(26)42)13-31(20)45-6-3-7-46-34-14-29-27(12-32(34)44-2)36(43)39-17-22(9-23(39)15-37-29)21-4-5-30-33(10-21)48-19-47-30/h4-5,8,10,12-18,23-24,41H,3,6-7,9,11,19H2,1-2H3/t23-,24-/m0/s1. The van der Waals surface area contributed by atoms with Crippen LogP contribution in [0.1, 0.15) is 51.1 Å². The van der Waals surface area contributed by atoms with Crippen molar-refractivity contribution < 1.29 is 38.4 Å². The third kappa shape index (κ3) is 5.19. The first kappa shape index (κ1) is 29.6. The van der Waals surface area contributed by atoms with Crippen LogP contribution < -0.4 is 23.7 Å². The largest absolute Gasteiger partial charge is 0.511 e. The highest BCUT2D eigenvalue weighted by molar-refractivity contribution is 6.06. The fraction of sp³-hybridized carbons (Fsp3) is 0.278. The second-order valence-electron chi connectivity index (χ2n) is 12.1. The maximum atomic E-state index is 13.7. The highest BCUT2D eigenvalue weighted by Crippen LogP contribution is 2.42. The Bertz CT molecular complexity index is 1980. The van der Waals surface area contributed by atoms with Crippen LogP contribution in [0.4, 0.5) is 11.4 Å². The van der Waals surface area contributed by atoms with Crippen molar-refractivity contribution >= 4 is 41.2 Å². The normalized spacial score (nSPS) is 20.0. The smallest absolute Gasteiger partial charge is 0.260 e. The van der Waals surface area contributed by atoms with E-state index < -0.39 is 0 Å². The molecule has 5 aliphatic rings. The van der Waals surface area contributed by atoms with Crippen molar-refractivity contribution in [3.8, 4) is 28.7 Å². The predicted octanol–water partition coefficient (Wildman–Crippen LogP) is 5.88. The van der Waals surface area contributed by atoms with Crippen molar-refractivity contribution in [1.82, 2.24) is 9.80 Å². The van der Waals surface area contributed by atoms with Gasteiger partial charge < -0.3 is 38.6 Å². The number of aliphatic hydroxyl groups excluding tert-OH is 1. The van der Waals surface area contributed by atoms with Crippen molar-refractivity contribution in [2.24, 2.45) is 9.98 Å². The molecule has 1 N–H and O–H groups in total. The Morgan fingerprint density at radius 1 is 0.812 bits per heavy atom. The molecular formula is C36H32N4O8. The van der Waals surface area contributed by atoms with Crippen LogP contribution in [0.25, 0.3) is 5.57 Å². The maximum Gasteiger partial charge on any atom is 0.260 e. The lowest BCUT2D eigenvalue weighted by Crippen LogP contribution is -2.32. The minimum Gasteiger partial charge on any atom is -0.511 e. The van der Waals surface area contributed by atoms with E-state index in [1.165, 1.54) is 18.2 Å². The number of methoxy groups -OCH3 is 1. The first-order chi connectivity index (χ1) is 23.4. The van der Waals surface area contributed by atoms with Crippen LogP contribution in [0.5, 0.6) is 28.7 Å². The summed E-state index contributed by atoms with van der Waals surface area (Å²) in [4.78, 5) is 39.2. The molecule has 3 aromatic carbocycles. The summed E-state index contributed by atoms with van der Waals surface area (Å²) < 4.78 is 28.7. The van der Waals surface area contributed by atoms with Gasteiger partial charge in [-0.15, -0.1) is 0 Å². The molecule has 244 valence electrons. The highest BCUT2D eigenvalue weighted by Gasteiger charge is 2.35. The molecule has 3 aromatic rings. The number of nitrogens with zero attached hydrogens (tertiary/aromatic N) is 4. The van der Waals surface area contributed by atoms with Crippen LogP contribution in [0.2, 0.25) is 0 Å². The number of amides is 2. The van der Waals surface area contributed by atoms with Crippen molar-refractivity contribution in [3.05, 3.63) is 82.9 Å². The number of aliphatic imine (C=N–C) groups is 2. The molecule has 0 saturated heterocycles. The van der Waals surface area contributed by atoms with Crippen LogP contribution in [-0.2, 0) is 0 Å². The van der Waals surface area contributed by atoms with Gasteiger partial charge in [0.15, 0.2) is 23.0 Å². The maximum absolute atomic E-state index is 13.7. The van der Waals surface area contributed by atoms with E-state index >= 15 is 0 Å². The summed E-state index contributed by atoms with van der Waals surface area (Å²) in [5, 5.41) is 9.86. The quantitative estimate of drug-likeness (QED) is 0.300. The number of hydrogen-bond acceptors (Lipinski definition) is 10. The van der Waals surface area contributed by atoms with Gasteiger partial charge in [0.25, 0.3) is 11.8 Å². The van der Waals surface area contributed by atoms with E-state index in [0.717, 1.165) is 16.7 Å². The number of fused-ring (bicyclic) bond motifs is 5. The van der Waals surface area contributed by atoms with E-state index in [4.69, 9.17) is 23.7 Å². The summed E-state index contributed by atoms with van der Waals surface area (Å²) in [5.41, 5.74) is 4.72. The fourth-order valence-electron chi connectivity index (χ4n) is 6.46. The molecule has 12 heteroatoms. The summed E-state index contributed by atoms with van der Waals surface area (Å²) >= 11 is 0. The van der Waals surface area contributed by atoms with Crippen molar-refractivity contribution in [3.63, 3.8) is 0 Å². The Morgan fingerprint density at radius 3 is 2.25 bits per heavy atom. The van der Waals surface area contributed by atoms with Gasteiger partial charge in [-0.2, -0.15) is 0 Å². The molecule has 2 atom stereocenters. The molecule has 0 aliphatic carbocycles. The minimum atomic E-state index is -0.297. The number of carbonyl (C=O) groups excluding carboxylic acids is 2. The summed E-state index contributed by atoms with van der Waals surface area (Å²) in [6, 6.07) is 12.2. The van der Waals surface area contributed by atoms with Crippen LogP contribution in [0.3, 0.4) is 0 Å². The first-order valence-electron chi connectivity index (χ1n) is 15.7. The molecule has 5 aliphatic heterocycles. The molecule has 0 radical (unpaired) electrons. The average molecular weight is 649 g/mol. The van der Waals surface area contributed by atoms with Crippen LogP contribution in [0.15, 0.2) is 70.6 Å². The van der Waals surface area contributed by atoms with Crippen molar-refractivity contribution in [1.29, 1.82) is 0 Å². The number of benzene rings is 3. The van der Waals surface area contributed by atoms with Gasteiger partial charge >= 0.3 is 0 Å². The van der Waals surface area contributed by atoms with E-state index in [1.54, 1.807) is 41.6 Å². The number of aliphatic hydroxyl groups is 1. The second-order valence-corrected chi connectivity index (χ2v) is 12.1. The Labute approximate surface area is 276 Å². The molecule has 5 heterocycles. The summed E-state index contributed by atoms with van der Waals surface area (Å²) in [6.45, 7) is 2.78. The van der Waals surface area contributed by atoms with Crippen molar-refractivity contribution in [2.75, 3.05) is 27.1 Å². The third-order valence-electron chi connectivity index (χ3n) is 8.97. The number of hydrogen-bond donors (Lipinski definition) is 1. The van der Waals surface area contributed by atoms with E-state index in [1.807, 2.05) is 31.3 Å². The molecule has 0 spiro atoms. The van der Waals surface area contributed by atoms with Crippen LogP contribution in [0, 0.1) is 6.92 Å². The van der Waals surface area contributed by atoms with E-state index in [9.17, 15) is 14.7 Å². The average Bonchev–Trinajstić information content (AvgIpc) is 3.80. The lowest BCUT2D eigenvalue weighted by Gasteiger charge is -2.19. The van der Waals surface area contributed by atoms with E-state index in [2.05, 4.69) is 9.98 Å². The van der Waals surface area contributed by atoms with Gasteiger partial charge in [-0.25, -0.2) is 0 Å². The topological polar surface area (TPSA) is 132 Å². The molecule has 48 heavy (non-hydrogen) atoms. The summed E-state index contributed by atoms with van der Waals surface area (Å²) in [6.07, 6.45) is 8.36. The molecule has 0 fully saturated rings. The van der Waals surface area contributed by atoms with E-state index in [0.29, 0.717) is 83.7 Å². The molecule has 0 unspecified atom stereocenters. The zero-order valence-corrected chi connectivity index (χ0v) is 26.3. The Hall–Kier alpha value is -5.78. The van der Waals surface area contributed by atoms with Gasteiger partial charge in [0.2, 0.25) is 6.79 Å². The number of rotatable bonds is 8. The Kier molecular flexibility index (Phi) is 7.27. The second kappa shape index (κ2) is 11.8. The SMILES string of the molecule is COc1cc2c(cc1OCCCOc1cc3c(cc1C)C(=O)N1C=C(O)C[C@H]1C=N3)N=C[C@@H]1CC(c3ccc4c(c3)OCO4)=CN1C2=O. The molecular weight excluding hydrogens is 616 g/mol. The Balaban J connectivity index is 0.917. The predicted molar refractivity (Wildman–Crippen MR) is 176 cm³/mol. The summed E-state index contributed by atoms with van der Waals surface area (Å²) in [5.74, 6) is 2.75. The molecule has 0 saturated carbocycles. The zero-order valence-electron chi connectivity index (χ0n) is 26.3. The van der Waals surface area contributed by atoms with Gasteiger partial charge in [-0.3, -0.25) is 19.6 Å².